The van der Waals surface area contributed by atoms with Crippen molar-refractivity contribution < 1.29 is 13.9 Å². The fourth-order valence-electron chi connectivity index (χ4n) is 2.29. The summed E-state index contributed by atoms with van der Waals surface area (Å²) in [6, 6.07) is 15.6. The first-order chi connectivity index (χ1) is 12.2. The van der Waals surface area contributed by atoms with Crippen molar-refractivity contribution in [1.29, 1.82) is 0 Å². The summed E-state index contributed by atoms with van der Waals surface area (Å²) in [7, 11) is 0. The van der Waals surface area contributed by atoms with Crippen molar-refractivity contribution in [2.75, 3.05) is 12.4 Å². The SMILES string of the molecule is CCOC(=O)CSc1nnc(-c2ccc(F)cc2)n1-c1ccccc1. The van der Waals surface area contributed by atoms with Gasteiger partial charge in [0.05, 0.1) is 12.4 Å². The summed E-state index contributed by atoms with van der Waals surface area (Å²) < 4.78 is 20.0. The standard InChI is InChI=1S/C18H16FN3O2S/c1-2-24-16(23)12-25-18-21-20-17(13-8-10-14(19)11-9-13)22(18)15-6-4-3-5-7-15/h3-11H,2,12H2,1H3. The normalized spacial score (nSPS) is 10.6. The Labute approximate surface area is 148 Å². The molecule has 0 spiro atoms. The number of thioether (sulfide) groups is 1. The van der Waals surface area contributed by atoms with Crippen molar-refractivity contribution in [3.05, 3.63) is 60.4 Å². The Morgan fingerprint density at radius 2 is 1.84 bits per heavy atom. The van der Waals surface area contributed by atoms with E-state index in [0.29, 0.717) is 17.6 Å². The van der Waals surface area contributed by atoms with E-state index in [1.54, 1.807) is 19.1 Å². The summed E-state index contributed by atoms with van der Waals surface area (Å²) in [6.07, 6.45) is 0. The smallest absolute Gasteiger partial charge is 0.316 e. The van der Waals surface area contributed by atoms with Gasteiger partial charge >= 0.3 is 5.97 Å². The third-order valence-electron chi connectivity index (χ3n) is 3.37. The van der Waals surface area contributed by atoms with Gasteiger partial charge in [0, 0.05) is 11.3 Å². The molecule has 25 heavy (non-hydrogen) atoms. The lowest BCUT2D eigenvalue weighted by Crippen LogP contribution is -2.08. The Morgan fingerprint density at radius 1 is 1.12 bits per heavy atom. The minimum atomic E-state index is -0.313. The molecule has 0 unspecified atom stereocenters. The fourth-order valence-corrected chi connectivity index (χ4v) is 3.04. The average Bonchev–Trinajstić information content (AvgIpc) is 3.05. The summed E-state index contributed by atoms with van der Waals surface area (Å²) in [4.78, 5) is 11.6. The lowest BCUT2D eigenvalue weighted by molar-refractivity contribution is -0.139. The van der Waals surface area contributed by atoms with Gasteiger partial charge < -0.3 is 4.74 Å². The average molecular weight is 357 g/mol. The molecule has 0 bridgehead atoms. The number of nitrogens with zero attached hydrogens (tertiary/aromatic N) is 3. The van der Waals surface area contributed by atoms with E-state index >= 15 is 0 Å². The zero-order valence-electron chi connectivity index (χ0n) is 13.6. The third-order valence-corrected chi connectivity index (χ3v) is 4.28. The number of hydrogen-bond donors (Lipinski definition) is 0. The molecule has 5 nitrogen and oxygen atoms in total. The molecule has 0 aliphatic heterocycles. The van der Waals surface area contributed by atoms with E-state index in [0.717, 1.165) is 11.3 Å². The van der Waals surface area contributed by atoms with Gasteiger partial charge in [-0.2, -0.15) is 0 Å². The maximum atomic E-state index is 13.2. The zero-order chi connectivity index (χ0) is 17.6. The molecule has 128 valence electrons. The van der Waals surface area contributed by atoms with E-state index in [4.69, 9.17) is 4.74 Å². The van der Waals surface area contributed by atoms with Crippen molar-refractivity contribution in [2.24, 2.45) is 0 Å². The number of benzene rings is 2. The minimum Gasteiger partial charge on any atom is -0.465 e. The number of carbonyl (C=O) groups excluding carboxylic acids is 1. The van der Waals surface area contributed by atoms with Crippen LogP contribution in [-0.4, -0.2) is 33.1 Å². The number of hydrogen-bond acceptors (Lipinski definition) is 5. The summed E-state index contributed by atoms with van der Waals surface area (Å²) >= 11 is 1.25. The van der Waals surface area contributed by atoms with Crippen LogP contribution in [0.25, 0.3) is 17.1 Å². The molecule has 0 aliphatic carbocycles. The number of para-hydroxylation sites is 1. The van der Waals surface area contributed by atoms with Gasteiger partial charge in [0.25, 0.3) is 0 Å². The van der Waals surface area contributed by atoms with E-state index in [2.05, 4.69) is 10.2 Å². The van der Waals surface area contributed by atoms with Crippen LogP contribution in [0.5, 0.6) is 0 Å². The molecule has 0 N–H and O–H groups in total. The molecule has 0 saturated heterocycles. The molecule has 2 aromatic carbocycles. The minimum absolute atomic E-state index is 0.141. The molecule has 0 radical (unpaired) electrons. The Kier molecular flexibility index (Phi) is 5.45. The molecule has 1 heterocycles. The predicted molar refractivity (Wildman–Crippen MR) is 94.1 cm³/mol. The molecule has 3 rings (SSSR count). The summed E-state index contributed by atoms with van der Waals surface area (Å²) in [5, 5.41) is 9.00. The third kappa shape index (κ3) is 4.06. The highest BCUT2D eigenvalue weighted by molar-refractivity contribution is 7.99. The van der Waals surface area contributed by atoms with E-state index in [9.17, 15) is 9.18 Å². The van der Waals surface area contributed by atoms with Crippen molar-refractivity contribution in [1.82, 2.24) is 14.8 Å². The molecule has 0 saturated carbocycles. The number of ether oxygens (including phenoxy) is 1. The second-order valence-electron chi connectivity index (χ2n) is 5.08. The number of aromatic nitrogens is 3. The largest absolute Gasteiger partial charge is 0.465 e. The Morgan fingerprint density at radius 3 is 2.52 bits per heavy atom. The molecule has 1 aromatic heterocycles. The molecular formula is C18H16FN3O2S. The quantitative estimate of drug-likeness (QED) is 0.497. The van der Waals surface area contributed by atoms with Crippen LogP contribution in [0.2, 0.25) is 0 Å². The monoisotopic (exact) mass is 357 g/mol. The van der Waals surface area contributed by atoms with Gasteiger partial charge in [-0.1, -0.05) is 30.0 Å². The first kappa shape index (κ1) is 17.2. The predicted octanol–water partition coefficient (Wildman–Crippen LogP) is 3.73. The lowest BCUT2D eigenvalue weighted by atomic mass is 10.2. The summed E-state index contributed by atoms with van der Waals surface area (Å²) in [6.45, 7) is 2.10. The fraction of sp³-hybridized carbons (Fsp3) is 0.167. The van der Waals surface area contributed by atoms with Gasteiger partial charge in [-0.25, -0.2) is 4.39 Å². The van der Waals surface area contributed by atoms with E-state index in [1.165, 1.54) is 23.9 Å². The van der Waals surface area contributed by atoms with Crippen LogP contribution in [0.4, 0.5) is 4.39 Å². The van der Waals surface area contributed by atoms with Crippen LogP contribution < -0.4 is 0 Å². The van der Waals surface area contributed by atoms with Gasteiger partial charge in [0.2, 0.25) is 0 Å². The summed E-state index contributed by atoms with van der Waals surface area (Å²) in [5.74, 6) is 0.102. The van der Waals surface area contributed by atoms with Gasteiger partial charge in [-0.15, -0.1) is 10.2 Å². The van der Waals surface area contributed by atoms with Crippen LogP contribution >= 0.6 is 11.8 Å². The first-order valence-corrected chi connectivity index (χ1v) is 8.73. The number of halogens is 1. The van der Waals surface area contributed by atoms with Gasteiger partial charge in [0.15, 0.2) is 11.0 Å². The van der Waals surface area contributed by atoms with Crippen LogP contribution in [0.3, 0.4) is 0 Å². The van der Waals surface area contributed by atoms with Crippen molar-refractivity contribution >= 4 is 17.7 Å². The highest BCUT2D eigenvalue weighted by Gasteiger charge is 2.17. The molecule has 0 fully saturated rings. The maximum Gasteiger partial charge on any atom is 0.316 e. The lowest BCUT2D eigenvalue weighted by Gasteiger charge is -2.10. The Hall–Kier alpha value is -2.67. The van der Waals surface area contributed by atoms with Crippen LogP contribution in [0.1, 0.15) is 6.92 Å². The maximum absolute atomic E-state index is 13.2. The van der Waals surface area contributed by atoms with E-state index in [1.807, 2.05) is 34.9 Å². The van der Waals surface area contributed by atoms with Crippen LogP contribution in [0, 0.1) is 5.82 Å². The van der Waals surface area contributed by atoms with E-state index in [-0.39, 0.29) is 17.5 Å². The van der Waals surface area contributed by atoms with Crippen molar-refractivity contribution in [2.45, 2.75) is 12.1 Å². The summed E-state index contributed by atoms with van der Waals surface area (Å²) in [5.41, 5.74) is 1.60. The second-order valence-corrected chi connectivity index (χ2v) is 6.02. The number of carbonyl (C=O) groups is 1. The van der Waals surface area contributed by atoms with Crippen LogP contribution in [-0.2, 0) is 9.53 Å². The number of rotatable bonds is 6. The van der Waals surface area contributed by atoms with Crippen LogP contribution in [0.15, 0.2) is 59.8 Å². The second kappa shape index (κ2) is 7.94. The van der Waals surface area contributed by atoms with Gasteiger partial charge in [-0.3, -0.25) is 9.36 Å². The zero-order valence-corrected chi connectivity index (χ0v) is 14.4. The van der Waals surface area contributed by atoms with Crippen molar-refractivity contribution in [3.63, 3.8) is 0 Å². The first-order valence-electron chi connectivity index (χ1n) is 7.74. The Balaban J connectivity index is 1.98. The highest BCUT2D eigenvalue weighted by atomic mass is 32.2. The topological polar surface area (TPSA) is 57.0 Å². The number of esters is 1. The highest BCUT2D eigenvalue weighted by Crippen LogP contribution is 2.28. The van der Waals surface area contributed by atoms with E-state index < -0.39 is 0 Å². The molecular weight excluding hydrogens is 341 g/mol. The molecule has 3 aromatic rings. The van der Waals surface area contributed by atoms with Gasteiger partial charge in [-0.05, 0) is 43.3 Å². The molecule has 0 amide bonds. The van der Waals surface area contributed by atoms with Crippen molar-refractivity contribution in [3.8, 4) is 17.1 Å². The molecule has 7 heteroatoms. The van der Waals surface area contributed by atoms with Gasteiger partial charge in [0.1, 0.15) is 5.82 Å². The Bertz CT molecular complexity index is 851. The molecule has 0 atom stereocenters. The molecule has 0 aliphatic rings.